The molecule has 0 N–H and O–H groups in total. The first kappa shape index (κ1) is 12.2. The number of para-hydroxylation sites is 1. The monoisotopic (exact) mass is 242 g/mol. The zero-order valence-electron chi connectivity index (χ0n) is 10.3. The Morgan fingerprint density at radius 2 is 2.00 bits per heavy atom. The highest BCUT2D eigenvalue weighted by atomic mass is 16.2. The van der Waals surface area contributed by atoms with Gasteiger partial charge in [-0.05, 0) is 32.1 Å². The number of carbonyl (C=O) groups excluding carboxylic acids is 2. The van der Waals surface area contributed by atoms with Crippen LogP contribution in [0.4, 0.5) is 5.69 Å². The van der Waals surface area contributed by atoms with Gasteiger partial charge in [-0.1, -0.05) is 24.3 Å². The van der Waals surface area contributed by atoms with E-state index in [4.69, 9.17) is 0 Å². The molecule has 1 aliphatic heterocycles. The number of carbonyl (C=O) groups is 2. The third kappa shape index (κ3) is 2.09. The van der Waals surface area contributed by atoms with Crippen molar-refractivity contribution >= 4 is 23.1 Å². The molecule has 1 heterocycles. The van der Waals surface area contributed by atoms with Crippen molar-refractivity contribution in [2.24, 2.45) is 11.0 Å². The molecule has 1 atom stereocenters. The molecule has 0 spiro atoms. The predicted octanol–water partition coefficient (Wildman–Crippen LogP) is 2.17. The summed E-state index contributed by atoms with van der Waals surface area (Å²) in [7, 11) is 0. The van der Waals surface area contributed by atoms with Crippen LogP contribution in [0.25, 0.3) is 0 Å². The molecule has 0 fully saturated rings. The molecule has 1 aliphatic rings. The molecule has 0 radical (unpaired) electrons. The molecule has 0 bridgehead atoms. The van der Waals surface area contributed by atoms with Gasteiger partial charge in [0.15, 0.2) is 5.78 Å². The zero-order valence-corrected chi connectivity index (χ0v) is 10.3. The number of allylic oxidation sites excluding steroid dienone is 2. The first-order valence-corrected chi connectivity index (χ1v) is 5.76. The van der Waals surface area contributed by atoms with Crippen molar-refractivity contribution in [1.29, 1.82) is 0 Å². The lowest BCUT2D eigenvalue weighted by atomic mass is 9.99. The van der Waals surface area contributed by atoms with Crippen LogP contribution in [-0.4, -0.2) is 17.4 Å². The summed E-state index contributed by atoms with van der Waals surface area (Å²) >= 11 is 0. The Kier molecular flexibility index (Phi) is 3.37. The van der Waals surface area contributed by atoms with E-state index in [-0.39, 0.29) is 11.7 Å². The van der Waals surface area contributed by atoms with E-state index in [0.717, 1.165) is 0 Å². The Morgan fingerprint density at radius 1 is 1.33 bits per heavy atom. The molecule has 1 unspecified atom stereocenters. The molecule has 0 aromatic heterocycles. The average molecular weight is 242 g/mol. The van der Waals surface area contributed by atoms with Gasteiger partial charge in [0.1, 0.15) is 5.92 Å². The lowest BCUT2D eigenvalue weighted by Crippen LogP contribution is -2.31. The number of amides is 1. The third-order valence-corrected chi connectivity index (χ3v) is 2.75. The fraction of sp³-hybridized carbons (Fsp3) is 0.214. The second kappa shape index (κ2) is 4.96. The molecule has 1 amide bonds. The van der Waals surface area contributed by atoms with Crippen molar-refractivity contribution in [2.75, 3.05) is 5.01 Å². The van der Waals surface area contributed by atoms with Crippen molar-refractivity contribution in [1.82, 2.24) is 0 Å². The molecule has 4 heteroatoms. The van der Waals surface area contributed by atoms with Gasteiger partial charge in [-0.2, -0.15) is 10.1 Å². The van der Waals surface area contributed by atoms with Crippen LogP contribution >= 0.6 is 0 Å². The van der Waals surface area contributed by atoms with Crippen molar-refractivity contribution in [3.63, 3.8) is 0 Å². The van der Waals surface area contributed by atoms with E-state index in [1.807, 2.05) is 18.2 Å². The fourth-order valence-electron chi connectivity index (χ4n) is 1.91. The van der Waals surface area contributed by atoms with Crippen molar-refractivity contribution in [3.05, 3.63) is 42.5 Å². The van der Waals surface area contributed by atoms with Gasteiger partial charge in [-0.3, -0.25) is 9.59 Å². The average Bonchev–Trinajstić information content (AvgIpc) is 2.66. The van der Waals surface area contributed by atoms with Crippen LogP contribution in [0.5, 0.6) is 0 Å². The van der Waals surface area contributed by atoms with E-state index in [9.17, 15) is 9.59 Å². The van der Waals surface area contributed by atoms with Gasteiger partial charge < -0.3 is 0 Å². The van der Waals surface area contributed by atoms with Crippen LogP contribution in [0.2, 0.25) is 0 Å². The smallest absolute Gasteiger partial charge is 0.264 e. The molecule has 92 valence electrons. The first-order chi connectivity index (χ1) is 8.65. The topological polar surface area (TPSA) is 49.7 Å². The summed E-state index contributed by atoms with van der Waals surface area (Å²) in [6.45, 7) is 3.45. The van der Waals surface area contributed by atoms with Gasteiger partial charge in [-0.15, -0.1) is 0 Å². The number of hydrogen-bond acceptors (Lipinski definition) is 3. The quantitative estimate of drug-likeness (QED) is 0.602. The van der Waals surface area contributed by atoms with E-state index >= 15 is 0 Å². The molecule has 2 rings (SSSR count). The predicted molar refractivity (Wildman–Crippen MR) is 70.3 cm³/mol. The molecule has 18 heavy (non-hydrogen) atoms. The maximum absolute atomic E-state index is 12.2. The number of hydrogen-bond donors (Lipinski definition) is 0. The Labute approximate surface area is 106 Å². The maximum atomic E-state index is 12.2. The number of nitrogens with zero attached hydrogens (tertiary/aromatic N) is 2. The normalized spacial score (nSPS) is 19.4. The van der Waals surface area contributed by atoms with Gasteiger partial charge in [0.05, 0.1) is 11.4 Å². The molecular formula is C14H14N2O2. The summed E-state index contributed by atoms with van der Waals surface area (Å²) in [5.74, 6) is -1.29. The van der Waals surface area contributed by atoms with E-state index in [1.165, 1.54) is 11.1 Å². The standard InChI is InChI=1S/C14H14N2O2/c1-3-7-12(17)13-10(2)15-16(14(13)18)11-8-5-4-6-9-11/h3-9,13H,1-2H3/b7-3+. The minimum absolute atomic E-state index is 0.220. The lowest BCUT2D eigenvalue weighted by molar-refractivity contribution is -0.126. The van der Waals surface area contributed by atoms with Crippen LogP contribution in [-0.2, 0) is 9.59 Å². The highest BCUT2D eigenvalue weighted by molar-refractivity contribution is 6.29. The zero-order chi connectivity index (χ0) is 13.1. The summed E-state index contributed by atoms with van der Waals surface area (Å²) in [6.07, 6.45) is 3.05. The Balaban J connectivity index is 2.30. The van der Waals surface area contributed by atoms with Gasteiger partial charge in [0.2, 0.25) is 0 Å². The van der Waals surface area contributed by atoms with Crippen LogP contribution < -0.4 is 5.01 Å². The summed E-state index contributed by atoms with van der Waals surface area (Å²) < 4.78 is 0. The van der Waals surface area contributed by atoms with E-state index in [1.54, 1.807) is 32.1 Å². The minimum Gasteiger partial charge on any atom is -0.294 e. The number of benzene rings is 1. The second-order valence-corrected chi connectivity index (χ2v) is 4.06. The first-order valence-electron chi connectivity index (χ1n) is 5.76. The molecule has 0 saturated heterocycles. The summed E-state index contributed by atoms with van der Waals surface area (Å²) in [6, 6.07) is 9.10. The number of rotatable bonds is 3. The SMILES string of the molecule is C/C=C/C(=O)C1C(=O)N(c2ccccc2)N=C1C. The maximum Gasteiger partial charge on any atom is 0.264 e. The minimum atomic E-state index is -0.776. The second-order valence-electron chi connectivity index (χ2n) is 4.06. The van der Waals surface area contributed by atoms with Gasteiger partial charge in [-0.25, -0.2) is 0 Å². The van der Waals surface area contributed by atoms with Crippen LogP contribution in [0.3, 0.4) is 0 Å². The number of ketones is 1. The molecular weight excluding hydrogens is 228 g/mol. The molecule has 4 nitrogen and oxygen atoms in total. The summed E-state index contributed by atoms with van der Waals surface area (Å²) in [5, 5.41) is 5.46. The number of anilines is 1. The summed E-state index contributed by atoms with van der Waals surface area (Å²) in [5.41, 5.74) is 1.21. The molecule has 1 aromatic rings. The lowest BCUT2D eigenvalue weighted by Gasteiger charge is -2.12. The third-order valence-electron chi connectivity index (χ3n) is 2.75. The van der Waals surface area contributed by atoms with Crippen LogP contribution in [0, 0.1) is 5.92 Å². The van der Waals surface area contributed by atoms with E-state index in [2.05, 4.69) is 5.10 Å². The Morgan fingerprint density at radius 3 is 2.61 bits per heavy atom. The number of hydrazone groups is 1. The van der Waals surface area contributed by atoms with Gasteiger partial charge >= 0.3 is 0 Å². The summed E-state index contributed by atoms with van der Waals surface area (Å²) in [4.78, 5) is 24.0. The van der Waals surface area contributed by atoms with Crippen molar-refractivity contribution < 1.29 is 9.59 Å². The largest absolute Gasteiger partial charge is 0.294 e. The van der Waals surface area contributed by atoms with Gasteiger partial charge in [0, 0.05) is 0 Å². The van der Waals surface area contributed by atoms with Crippen molar-refractivity contribution in [2.45, 2.75) is 13.8 Å². The van der Waals surface area contributed by atoms with Crippen LogP contribution in [0.1, 0.15) is 13.8 Å². The highest BCUT2D eigenvalue weighted by Crippen LogP contribution is 2.24. The Bertz CT molecular complexity index is 532. The molecule has 0 aliphatic carbocycles. The Hall–Kier alpha value is -2.23. The van der Waals surface area contributed by atoms with Gasteiger partial charge in [0.25, 0.3) is 5.91 Å². The van der Waals surface area contributed by atoms with Crippen molar-refractivity contribution in [3.8, 4) is 0 Å². The van der Waals surface area contributed by atoms with Crippen LogP contribution in [0.15, 0.2) is 47.6 Å². The van der Waals surface area contributed by atoms with E-state index in [0.29, 0.717) is 11.4 Å². The molecule has 0 saturated carbocycles. The fourth-order valence-corrected chi connectivity index (χ4v) is 1.91. The molecule has 1 aromatic carbocycles. The highest BCUT2D eigenvalue weighted by Gasteiger charge is 2.38. The van der Waals surface area contributed by atoms with E-state index < -0.39 is 5.92 Å².